The first-order valence-corrected chi connectivity index (χ1v) is 30.1. The van der Waals surface area contributed by atoms with Gasteiger partial charge in [0.25, 0.3) is 6.23 Å². The molecule has 0 amide bonds. The van der Waals surface area contributed by atoms with E-state index in [2.05, 4.69) is 0 Å². The van der Waals surface area contributed by atoms with E-state index in [1.54, 1.807) is 36.8 Å². The Balaban J connectivity index is 0. The topological polar surface area (TPSA) is 322 Å². The average molecular weight is 966 g/mol. The first kappa shape index (κ1) is 61.5. The summed E-state index contributed by atoms with van der Waals surface area (Å²) in [6.07, 6.45) is 3.90. The van der Waals surface area contributed by atoms with Gasteiger partial charge >= 0.3 is 89.7 Å². The number of ether oxygens (including phenoxy) is 4. The van der Waals surface area contributed by atoms with Crippen LogP contribution in [-0.2, 0) is 52.4 Å². The van der Waals surface area contributed by atoms with Gasteiger partial charge in [-0.25, -0.2) is 9.59 Å². The van der Waals surface area contributed by atoms with Crippen LogP contribution in [0.4, 0.5) is 13.2 Å². The molecule has 0 radical (unpaired) electrons. The molecule has 0 aliphatic carbocycles. The molecule has 4 rings (SSSR count). The molecule has 342 valence electrons. The van der Waals surface area contributed by atoms with Crippen molar-refractivity contribution in [1.82, 2.24) is 4.90 Å². The summed E-state index contributed by atoms with van der Waals surface area (Å²) in [7, 11) is -11.7. The molecule has 61 heavy (non-hydrogen) atoms. The standard InChI is InChI=1S/C15H23NO6.C15H22NO6.CHF3O3S.CH4.2Na.O4S2/c2*1-2-3-7-21-15(20)10-5-4-6-16(8-10)14-13(19)12(18)11(9-17)22-14;2-1(3,4)8(5,6)7;;;;1-5(2)6(3)4/h4,6,8,11-14,17-19H,2-3,5,7,9H2,1H3;4-6,8,11-14,17-19H,2-3,7,9H2,1H3;(H,5,6,7);1H4;;;/q;+1;;;;;/t2*11-,12+,13?,14-;;;;;/m11...../s1. The van der Waals surface area contributed by atoms with E-state index in [0.29, 0.717) is 30.8 Å². The molecule has 0 spiro atoms. The molecule has 2 saturated heterocycles. The summed E-state index contributed by atoms with van der Waals surface area (Å²) < 4.78 is 117. The summed E-state index contributed by atoms with van der Waals surface area (Å²) in [5.74, 6) is -0.843. The van der Waals surface area contributed by atoms with Crippen LogP contribution in [0.25, 0.3) is 0 Å². The summed E-state index contributed by atoms with van der Waals surface area (Å²) in [5.41, 5.74) is -4.75. The minimum atomic E-state index is -5.84. The molecule has 2 unspecified atom stereocenters. The fraction of sp³-hybridized carbons (Fsp3) is 0.656. The van der Waals surface area contributed by atoms with E-state index in [1.807, 2.05) is 13.8 Å². The van der Waals surface area contributed by atoms with Crippen molar-refractivity contribution < 1.29 is 107 Å². The Morgan fingerprint density at radius 3 is 1.79 bits per heavy atom. The number of pyridine rings is 1. The summed E-state index contributed by atoms with van der Waals surface area (Å²) in [5, 5.41) is 57.8. The van der Waals surface area contributed by atoms with Gasteiger partial charge < -0.3 is 54.5 Å². The Hall–Kier alpha value is -1.61. The zero-order chi connectivity index (χ0) is 46.4. The van der Waals surface area contributed by atoms with Gasteiger partial charge in [-0.05, 0) is 18.9 Å². The number of allylic oxidation sites excluding steroid dienone is 1. The monoisotopic (exact) mass is 965 g/mol. The van der Waals surface area contributed by atoms with E-state index in [9.17, 15) is 43.2 Å². The second-order valence-electron chi connectivity index (χ2n) is 12.0. The molecule has 29 heteroatoms. The first-order valence-electron chi connectivity index (χ1n) is 18.0. The van der Waals surface area contributed by atoms with E-state index in [0.717, 1.165) is 25.7 Å². The number of esters is 2. The number of hydrogen-bond acceptors (Lipinski definition) is 19. The number of aliphatic hydroxyl groups is 6. The van der Waals surface area contributed by atoms with Crippen LogP contribution in [0.2, 0.25) is 0 Å². The van der Waals surface area contributed by atoms with Crippen molar-refractivity contribution >= 4 is 84.2 Å². The molecule has 3 aliphatic heterocycles. The van der Waals surface area contributed by atoms with Crippen molar-refractivity contribution in [2.75, 3.05) is 26.4 Å². The number of nitrogens with zero attached hydrogens (tertiary/aromatic N) is 2. The normalized spacial score (nSPS) is 24.0. The van der Waals surface area contributed by atoms with Gasteiger partial charge in [0.15, 0.2) is 24.7 Å². The van der Waals surface area contributed by atoms with Crippen LogP contribution >= 0.6 is 0 Å². The number of aromatic nitrogens is 1. The Bertz CT molecular complexity index is 1880. The third-order valence-corrected chi connectivity index (χ3v) is 9.20. The van der Waals surface area contributed by atoms with Gasteiger partial charge in [0, 0.05) is 24.9 Å². The quantitative estimate of drug-likeness (QED) is 0.0308. The van der Waals surface area contributed by atoms with Crippen molar-refractivity contribution in [3.05, 3.63) is 54.1 Å². The summed E-state index contributed by atoms with van der Waals surface area (Å²) >= 11 is 2.89. The molecule has 8 atom stereocenters. The number of carbonyl (C=O) groups excluding carboxylic acids is 2. The van der Waals surface area contributed by atoms with E-state index in [4.69, 9.17) is 59.0 Å². The molecule has 1 aromatic heterocycles. The zero-order valence-electron chi connectivity index (χ0n) is 32.8. The van der Waals surface area contributed by atoms with E-state index in [-0.39, 0.29) is 14.0 Å². The number of aliphatic hydroxyl groups excluding tert-OH is 6. The van der Waals surface area contributed by atoms with E-state index in [1.165, 1.54) is 59.3 Å². The van der Waals surface area contributed by atoms with Crippen LogP contribution in [0, 0.1) is 0 Å². The average Bonchev–Trinajstić information content (AvgIpc) is 3.67. The first-order chi connectivity index (χ1) is 28.1. The fourth-order valence-electron chi connectivity index (χ4n) is 4.69. The SMILES string of the molecule is C.CCCCOC(=O)C1=CN([C@@H]2O[C@H](CO)[C@H](O)C2O)C=CC1.CCCCOC(=O)c1ccc[n+]([C@@H]2O[C@H](CO)[C@H](O)C2O)c1.O=S(=O)(O)C(F)(F)F.O=S(=O)=S(=O)=O.[Na][Na]. The summed E-state index contributed by atoms with van der Waals surface area (Å²) in [6, 6.07) is 3.23. The predicted molar refractivity (Wildman–Crippen MR) is 206 cm³/mol. The van der Waals surface area contributed by atoms with Crippen molar-refractivity contribution in [2.45, 2.75) is 108 Å². The number of rotatable bonds is 12. The Labute approximate surface area is 381 Å². The van der Waals surface area contributed by atoms with Crippen molar-refractivity contribution in [1.29, 1.82) is 0 Å². The Morgan fingerprint density at radius 2 is 1.36 bits per heavy atom. The van der Waals surface area contributed by atoms with Gasteiger partial charge in [-0.15, -0.1) is 0 Å². The Kier molecular flexibility index (Phi) is 31.5. The molecule has 2 fully saturated rings. The molecule has 7 N–H and O–H groups in total. The van der Waals surface area contributed by atoms with Crippen LogP contribution in [-0.4, -0.2) is 196 Å². The number of hydrogen-bond donors (Lipinski definition) is 7. The van der Waals surface area contributed by atoms with Crippen LogP contribution in [0.3, 0.4) is 0 Å². The molecular weight excluding hydrogens is 916 g/mol. The van der Waals surface area contributed by atoms with E-state index >= 15 is 0 Å². The van der Waals surface area contributed by atoms with Gasteiger partial charge in [0.2, 0.25) is 0 Å². The molecular formula is C32H50F3N2Na2O19S3+. The molecule has 0 bridgehead atoms. The van der Waals surface area contributed by atoms with Crippen LogP contribution in [0.15, 0.2) is 48.6 Å². The number of unbranched alkanes of at least 4 members (excludes halogenated alkanes) is 2. The summed E-state index contributed by atoms with van der Waals surface area (Å²) in [6.45, 7) is 3.98. The Morgan fingerprint density at radius 1 is 0.885 bits per heavy atom. The van der Waals surface area contributed by atoms with Crippen molar-refractivity contribution in [3.8, 4) is 0 Å². The van der Waals surface area contributed by atoms with Crippen LogP contribution in [0.1, 0.15) is 70.0 Å². The van der Waals surface area contributed by atoms with Crippen molar-refractivity contribution in [3.63, 3.8) is 0 Å². The van der Waals surface area contributed by atoms with Crippen LogP contribution < -0.4 is 4.57 Å². The maximum absolute atomic E-state index is 12.0. The van der Waals surface area contributed by atoms with Crippen molar-refractivity contribution in [2.24, 2.45) is 0 Å². The minimum absolute atomic E-state index is 0. The van der Waals surface area contributed by atoms with Crippen LogP contribution in [0.5, 0.6) is 0 Å². The molecule has 4 heterocycles. The fourth-order valence-corrected chi connectivity index (χ4v) is 4.69. The number of alkyl halides is 3. The molecule has 0 saturated carbocycles. The molecule has 0 aromatic carbocycles. The van der Waals surface area contributed by atoms with E-state index < -0.39 is 102 Å². The second-order valence-corrected chi connectivity index (χ2v) is 15.9. The zero-order valence-corrected chi connectivity index (χ0v) is 39.3. The van der Waals surface area contributed by atoms with Gasteiger partial charge in [0.1, 0.15) is 36.1 Å². The number of halogens is 3. The van der Waals surface area contributed by atoms with Gasteiger partial charge in [-0.2, -0.15) is 43.0 Å². The number of carbonyl (C=O) groups is 2. The molecule has 1 aromatic rings. The molecule has 21 nitrogen and oxygen atoms in total. The molecule has 3 aliphatic rings. The van der Waals surface area contributed by atoms with Gasteiger partial charge in [-0.1, -0.05) is 40.2 Å². The third kappa shape index (κ3) is 21.3. The van der Waals surface area contributed by atoms with Gasteiger partial charge in [-0.3, -0.25) is 4.55 Å². The maximum atomic E-state index is 12.0. The third-order valence-electron chi connectivity index (χ3n) is 7.73. The summed E-state index contributed by atoms with van der Waals surface area (Å²) in [4.78, 5) is 25.4. The predicted octanol–water partition coefficient (Wildman–Crippen LogP) is -1.66. The van der Waals surface area contributed by atoms with Gasteiger partial charge in [0.05, 0.1) is 32.0 Å². The second kappa shape index (κ2) is 31.3.